The maximum Gasteiger partial charge on any atom is 0.333 e. The Morgan fingerprint density at radius 2 is 1.93 bits per heavy atom. The summed E-state index contributed by atoms with van der Waals surface area (Å²) in [6.45, 7) is 2.85. The molecule has 0 atom stereocenters. The van der Waals surface area contributed by atoms with Crippen LogP contribution in [0.5, 0.6) is 5.75 Å². The Labute approximate surface area is 166 Å². The Kier molecular flexibility index (Phi) is 5.75. The minimum absolute atomic E-state index is 0.0935. The van der Waals surface area contributed by atoms with Gasteiger partial charge in [-0.3, -0.25) is 14.8 Å². The summed E-state index contributed by atoms with van der Waals surface area (Å²) in [6, 6.07) is 14.8. The third-order valence-electron chi connectivity index (χ3n) is 4.29. The molecular weight excluding hydrogens is 382 g/mol. The maximum absolute atomic E-state index is 12.4. The fourth-order valence-electron chi connectivity index (χ4n) is 2.98. The van der Waals surface area contributed by atoms with Crippen LogP contribution < -0.4 is 4.74 Å². The lowest BCUT2D eigenvalue weighted by atomic mass is 10.0. The zero-order valence-electron chi connectivity index (χ0n) is 15.4. The number of hydrogen-bond donors (Lipinski definition) is 0. The maximum atomic E-state index is 12.4. The van der Waals surface area contributed by atoms with E-state index < -0.39 is 10.9 Å². The first kappa shape index (κ1) is 19.6. The molecule has 0 aliphatic rings. The van der Waals surface area contributed by atoms with Crippen LogP contribution in [0.4, 0.5) is 5.69 Å². The molecule has 2 aromatic carbocycles. The van der Waals surface area contributed by atoms with Crippen LogP contribution >= 0.6 is 11.6 Å². The van der Waals surface area contributed by atoms with Gasteiger partial charge in [0, 0.05) is 17.0 Å². The fourth-order valence-corrected chi connectivity index (χ4v) is 3.18. The minimum atomic E-state index is -0.572. The molecule has 0 radical (unpaired) electrons. The highest BCUT2D eigenvalue weighted by atomic mass is 35.5. The summed E-state index contributed by atoms with van der Waals surface area (Å²) in [5.74, 6) is -0.175. The van der Waals surface area contributed by atoms with Gasteiger partial charge in [-0.25, -0.2) is 4.79 Å². The number of halogens is 1. The number of aryl methyl sites for hydroxylation is 1. The van der Waals surface area contributed by atoms with Gasteiger partial charge in [-0.05, 0) is 37.6 Å². The van der Waals surface area contributed by atoms with Crippen LogP contribution in [-0.4, -0.2) is 20.7 Å². The molecule has 0 amide bonds. The summed E-state index contributed by atoms with van der Waals surface area (Å²) < 4.78 is 6.79. The first-order valence-corrected chi connectivity index (χ1v) is 8.94. The number of rotatable bonds is 6. The van der Waals surface area contributed by atoms with E-state index >= 15 is 0 Å². The molecule has 0 aliphatic carbocycles. The van der Waals surface area contributed by atoms with E-state index in [1.807, 2.05) is 30.3 Å². The number of carbonyl (C=O) groups excluding carboxylic acids is 1. The molecule has 0 N–H and O–H groups in total. The minimum Gasteiger partial charge on any atom is -0.425 e. The number of aromatic nitrogens is 2. The Hall–Kier alpha value is -3.19. The Bertz CT molecular complexity index is 1030. The summed E-state index contributed by atoms with van der Waals surface area (Å²) in [6.07, 6.45) is 0.551. The number of carbonyl (C=O) groups is 1. The van der Waals surface area contributed by atoms with Gasteiger partial charge in [0.1, 0.15) is 23.7 Å². The van der Waals surface area contributed by atoms with Crippen molar-refractivity contribution in [1.29, 1.82) is 0 Å². The third-order valence-corrected chi connectivity index (χ3v) is 4.52. The zero-order chi connectivity index (χ0) is 20.3. The molecule has 8 heteroatoms. The molecule has 0 aliphatic heterocycles. The Morgan fingerprint density at radius 3 is 2.57 bits per heavy atom. The van der Waals surface area contributed by atoms with Crippen molar-refractivity contribution in [2.24, 2.45) is 0 Å². The van der Waals surface area contributed by atoms with Crippen molar-refractivity contribution >= 4 is 23.3 Å². The average molecular weight is 400 g/mol. The van der Waals surface area contributed by atoms with E-state index in [0.29, 0.717) is 22.9 Å². The summed E-state index contributed by atoms with van der Waals surface area (Å²) in [4.78, 5) is 23.0. The molecule has 0 fully saturated rings. The smallest absolute Gasteiger partial charge is 0.333 e. The van der Waals surface area contributed by atoms with E-state index in [2.05, 4.69) is 5.10 Å². The van der Waals surface area contributed by atoms with Gasteiger partial charge in [-0.15, -0.1) is 0 Å². The second-order valence-corrected chi connectivity index (χ2v) is 6.76. The van der Waals surface area contributed by atoms with Crippen LogP contribution in [0.2, 0.25) is 5.02 Å². The normalized spacial score (nSPS) is 10.7. The van der Waals surface area contributed by atoms with Crippen molar-refractivity contribution in [3.8, 4) is 5.75 Å². The molecule has 0 saturated heterocycles. The SMILES string of the molecule is Cc1nn(CC(=O)Oc2ccc(Cl)cc2Cc2ccccc2)c(C)c1[N+](=O)[O-]. The van der Waals surface area contributed by atoms with E-state index in [9.17, 15) is 14.9 Å². The Balaban J connectivity index is 1.79. The van der Waals surface area contributed by atoms with Crippen LogP contribution in [0.15, 0.2) is 48.5 Å². The first-order chi connectivity index (χ1) is 13.3. The van der Waals surface area contributed by atoms with E-state index in [4.69, 9.17) is 16.3 Å². The largest absolute Gasteiger partial charge is 0.425 e. The molecule has 0 saturated carbocycles. The van der Waals surface area contributed by atoms with Crippen molar-refractivity contribution in [1.82, 2.24) is 9.78 Å². The summed E-state index contributed by atoms with van der Waals surface area (Å²) in [7, 11) is 0. The highest BCUT2D eigenvalue weighted by molar-refractivity contribution is 6.30. The quantitative estimate of drug-likeness (QED) is 0.267. The van der Waals surface area contributed by atoms with Crippen molar-refractivity contribution < 1.29 is 14.5 Å². The van der Waals surface area contributed by atoms with Crippen LogP contribution in [0, 0.1) is 24.0 Å². The molecule has 1 aromatic heterocycles. The number of benzene rings is 2. The van der Waals surface area contributed by atoms with Gasteiger partial charge in [0.2, 0.25) is 0 Å². The van der Waals surface area contributed by atoms with Gasteiger partial charge >= 0.3 is 11.7 Å². The van der Waals surface area contributed by atoms with E-state index in [-0.39, 0.29) is 17.9 Å². The first-order valence-electron chi connectivity index (χ1n) is 8.56. The summed E-state index contributed by atoms with van der Waals surface area (Å²) in [5.41, 5.74) is 2.29. The van der Waals surface area contributed by atoms with E-state index in [1.54, 1.807) is 25.1 Å². The van der Waals surface area contributed by atoms with Gasteiger partial charge in [0.05, 0.1) is 4.92 Å². The molecule has 28 heavy (non-hydrogen) atoms. The molecule has 0 unspecified atom stereocenters. The summed E-state index contributed by atoms with van der Waals surface area (Å²) >= 11 is 6.10. The number of nitrogens with zero attached hydrogens (tertiary/aromatic N) is 3. The molecule has 3 aromatic rings. The molecule has 3 rings (SSSR count). The monoisotopic (exact) mass is 399 g/mol. The molecule has 7 nitrogen and oxygen atoms in total. The van der Waals surface area contributed by atoms with Crippen molar-refractivity contribution in [3.63, 3.8) is 0 Å². The Morgan fingerprint density at radius 1 is 1.21 bits per heavy atom. The van der Waals surface area contributed by atoms with Crippen molar-refractivity contribution in [2.75, 3.05) is 0 Å². The van der Waals surface area contributed by atoms with Gasteiger partial charge in [-0.2, -0.15) is 5.10 Å². The fraction of sp³-hybridized carbons (Fsp3) is 0.200. The van der Waals surface area contributed by atoms with Crippen LogP contribution in [0.3, 0.4) is 0 Å². The second-order valence-electron chi connectivity index (χ2n) is 6.32. The van der Waals surface area contributed by atoms with Crippen LogP contribution in [0.25, 0.3) is 0 Å². The predicted octanol–water partition coefficient (Wildman–Crippen LogP) is 4.26. The lowest BCUT2D eigenvalue weighted by Gasteiger charge is -2.11. The van der Waals surface area contributed by atoms with Gasteiger partial charge in [0.25, 0.3) is 0 Å². The number of esters is 1. The van der Waals surface area contributed by atoms with E-state index in [0.717, 1.165) is 11.1 Å². The highest BCUT2D eigenvalue weighted by Gasteiger charge is 2.23. The molecule has 0 spiro atoms. The van der Waals surface area contributed by atoms with Crippen molar-refractivity contribution in [2.45, 2.75) is 26.8 Å². The van der Waals surface area contributed by atoms with Gasteiger partial charge in [-0.1, -0.05) is 41.9 Å². The molecule has 0 bridgehead atoms. The third kappa shape index (κ3) is 4.37. The standard InChI is InChI=1S/C20H18ClN3O4/c1-13-20(24(26)27)14(2)23(22-13)12-19(25)28-18-9-8-17(21)11-16(18)10-15-6-4-3-5-7-15/h3-9,11H,10,12H2,1-2H3. The highest BCUT2D eigenvalue weighted by Crippen LogP contribution is 2.26. The average Bonchev–Trinajstić information content (AvgIpc) is 2.91. The molecule has 144 valence electrons. The van der Waals surface area contributed by atoms with Crippen LogP contribution in [-0.2, 0) is 17.8 Å². The van der Waals surface area contributed by atoms with E-state index in [1.165, 1.54) is 11.6 Å². The second kappa shape index (κ2) is 8.22. The predicted molar refractivity (Wildman–Crippen MR) is 105 cm³/mol. The summed E-state index contributed by atoms with van der Waals surface area (Å²) in [5, 5.41) is 15.7. The lowest BCUT2D eigenvalue weighted by molar-refractivity contribution is -0.386. The number of ether oxygens (including phenoxy) is 1. The van der Waals surface area contributed by atoms with Crippen LogP contribution in [0.1, 0.15) is 22.5 Å². The van der Waals surface area contributed by atoms with Crippen molar-refractivity contribution in [3.05, 3.63) is 86.2 Å². The number of hydrogen-bond acceptors (Lipinski definition) is 5. The molecule has 1 heterocycles. The topological polar surface area (TPSA) is 87.3 Å². The van der Waals surface area contributed by atoms with Gasteiger partial charge in [0.15, 0.2) is 0 Å². The lowest BCUT2D eigenvalue weighted by Crippen LogP contribution is -2.19. The van der Waals surface area contributed by atoms with Gasteiger partial charge < -0.3 is 4.74 Å². The molecular formula is C20H18ClN3O4. The zero-order valence-corrected chi connectivity index (χ0v) is 16.1. The number of nitro groups is 1.